The van der Waals surface area contributed by atoms with Crippen LogP contribution < -0.4 is 5.73 Å². The summed E-state index contributed by atoms with van der Waals surface area (Å²) in [6.07, 6.45) is 1.75. The summed E-state index contributed by atoms with van der Waals surface area (Å²) < 4.78 is 1.78. The van der Waals surface area contributed by atoms with Crippen molar-refractivity contribution >= 4 is 5.91 Å². The average Bonchev–Trinajstić information content (AvgIpc) is 2.93. The number of likely N-dealkylation sites (tertiary alicyclic amines) is 1. The SMILES string of the molecule is CCc1cc(C(=O)N2CC[C@H](N)C2)n(CC)n1. The second-order valence-electron chi connectivity index (χ2n) is 4.49. The molecular weight excluding hydrogens is 216 g/mol. The molecule has 2 N–H and O–H groups in total. The third kappa shape index (κ3) is 2.34. The Morgan fingerprint density at radius 2 is 2.35 bits per heavy atom. The van der Waals surface area contributed by atoms with Crippen LogP contribution >= 0.6 is 0 Å². The molecule has 2 heterocycles. The third-order valence-electron chi connectivity index (χ3n) is 3.22. The summed E-state index contributed by atoms with van der Waals surface area (Å²) in [6.45, 7) is 6.19. The standard InChI is InChI=1S/C12H20N4O/c1-3-10-7-11(16(4-2)14-10)12(17)15-6-5-9(13)8-15/h7,9H,3-6,8,13H2,1-2H3/t9-/m0/s1. The molecule has 1 aliphatic rings. The highest BCUT2D eigenvalue weighted by atomic mass is 16.2. The molecule has 2 rings (SSSR count). The first kappa shape index (κ1) is 12.1. The normalized spacial score (nSPS) is 19.9. The molecule has 17 heavy (non-hydrogen) atoms. The van der Waals surface area contributed by atoms with E-state index in [0.29, 0.717) is 12.2 Å². The molecule has 0 radical (unpaired) electrons. The minimum atomic E-state index is 0.0620. The number of carbonyl (C=O) groups is 1. The number of aryl methyl sites for hydroxylation is 2. The van der Waals surface area contributed by atoms with E-state index >= 15 is 0 Å². The summed E-state index contributed by atoms with van der Waals surface area (Å²) in [7, 11) is 0. The van der Waals surface area contributed by atoms with Gasteiger partial charge in [-0.2, -0.15) is 5.10 Å². The van der Waals surface area contributed by atoms with Gasteiger partial charge in [-0.05, 0) is 25.8 Å². The van der Waals surface area contributed by atoms with Crippen LogP contribution in [-0.4, -0.2) is 39.7 Å². The minimum Gasteiger partial charge on any atom is -0.336 e. The number of nitrogens with zero attached hydrogens (tertiary/aromatic N) is 3. The molecular formula is C12H20N4O. The van der Waals surface area contributed by atoms with E-state index in [1.165, 1.54) is 0 Å². The highest BCUT2D eigenvalue weighted by Crippen LogP contribution is 2.14. The summed E-state index contributed by atoms with van der Waals surface area (Å²) in [6, 6.07) is 2.03. The van der Waals surface area contributed by atoms with E-state index in [1.807, 2.05) is 24.8 Å². The fourth-order valence-electron chi connectivity index (χ4n) is 2.19. The van der Waals surface area contributed by atoms with Crippen molar-refractivity contribution in [3.8, 4) is 0 Å². The summed E-state index contributed by atoms with van der Waals surface area (Å²) in [4.78, 5) is 14.1. The van der Waals surface area contributed by atoms with Crippen molar-refractivity contribution in [2.75, 3.05) is 13.1 Å². The number of carbonyl (C=O) groups excluding carboxylic acids is 1. The summed E-state index contributed by atoms with van der Waals surface area (Å²) in [5.41, 5.74) is 7.49. The molecule has 0 spiro atoms. The van der Waals surface area contributed by atoms with E-state index in [-0.39, 0.29) is 11.9 Å². The van der Waals surface area contributed by atoms with Crippen LogP contribution in [0.5, 0.6) is 0 Å². The number of nitrogens with two attached hydrogens (primary N) is 1. The molecule has 0 bridgehead atoms. The van der Waals surface area contributed by atoms with Crippen molar-refractivity contribution < 1.29 is 4.79 Å². The maximum atomic E-state index is 12.3. The van der Waals surface area contributed by atoms with Gasteiger partial charge >= 0.3 is 0 Å². The molecule has 0 aromatic carbocycles. The molecule has 94 valence electrons. The fraction of sp³-hybridized carbons (Fsp3) is 0.667. The van der Waals surface area contributed by atoms with Gasteiger partial charge in [-0.15, -0.1) is 0 Å². The van der Waals surface area contributed by atoms with Gasteiger partial charge < -0.3 is 10.6 Å². The molecule has 1 aromatic heterocycles. The van der Waals surface area contributed by atoms with Gasteiger partial charge in [0, 0.05) is 25.7 Å². The van der Waals surface area contributed by atoms with Crippen LogP contribution in [0.1, 0.15) is 36.5 Å². The van der Waals surface area contributed by atoms with Crippen molar-refractivity contribution in [3.63, 3.8) is 0 Å². The molecule has 1 fully saturated rings. The zero-order valence-corrected chi connectivity index (χ0v) is 10.5. The number of hydrogen-bond donors (Lipinski definition) is 1. The Bertz CT molecular complexity index is 413. The van der Waals surface area contributed by atoms with Crippen LogP contribution in [0.4, 0.5) is 0 Å². The second kappa shape index (κ2) is 4.87. The van der Waals surface area contributed by atoms with Crippen LogP contribution in [-0.2, 0) is 13.0 Å². The van der Waals surface area contributed by atoms with E-state index in [0.717, 1.165) is 31.6 Å². The number of amides is 1. The lowest BCUT2D eigenvalue weighted by molar-refractivity contribution is 0.0778. The Kier molecular flexibility index (Phi) is 3.47. The largest absolute Gasteiger partial charge is 0.336 e. The zero-order chi connectivity index (χ0) is 12.4. The van der Waals surface area contributed by atoms with Crippen LogP contribution in [0.2, 0.25) is 0 Å². The minimum absolute atomic E-state index is 0.0620. The molecule has 5 heteroatoms. The molecule has 0 unspecified atom stereocenters. The molecule has 0 saturated carbocycles. The lowest BCUT2D eigenvalue weighted by atomic mass is 10.3. The first-order valence-corrected chi connectivity index (χ1v) is 6.27. The predicted molar refractivity (Wildman–Crippen MR) is 65.8 cm³/mol. The molecule has 5 nitrogen and oxygen atoms in total. The number of hydrogen-bond acceptors (Lipinski definition) is 3. The topological polar surface area (TPSA) is 64.2 Å². The second-order valence-corrected chi connectivity index (χ2v) is 4.49. The smallest absolute Gasteiger partial charge is 0.272 e. The predicted octanol–water partition coefficient (Wildman–Crippen LogP) is 0.639. The first-order chi connectivity index (χ1) is 8.15. The first-order valence-electron chi connectivity index (χ1n) is 6.27. The summed E-state index contributed by atoms with van der Waals surface area (Å²) >= 11 is 0. The monoisotopic (exact) mass is 236 g/mol. The van der Waals surface area contributed by atoms with Gasteiger partial charge in [-0.25, -0.2) is 0 Å². The highest BCUT2D eigenvalue weighted by Gasteiger charge is 2.26. The van der Waals surface area contributed by atoms with Gasteiger partial charge in [0.15, 0.2) is 0 Å². The Balaban J connectivity index is 2.20. The van der Waals surface area contributed by atoms with E-state index in [2.05, 4.69) is 5.10 Å². The average molecular weight is 236 g/mol. The Morgan fingerprint density at radius 1 is 1.59 bits per heavy atom. The van der Waals surface area contributed by atoms with E-state index in [4.69, 9.17) is 5.73 Å². The lowest BCUT2D eigenvalue weighted by Crippen LogP contribution is -2.33. The van der Waals surface area contributed by atoms with Gasteiger partial charge in [0.25, 0.3) is 5.91 Å². The van der Waals surface area contributed by atoms with E-state index < -0.39 is 0 Å². The Hall–Kier alpha value is -1.36. The van der Waals surface area contributed by atoms with Crippen LogP contribution in [0.25, 0.3) is 0 Å². The lowest BCUT2D eigenvalue weighted by Gasteiger charge is -2.15. The van der Waals surface area contributed by atoms with Gasteiger partial charge in [0.1, 0.15) is 5.69 Å². The number of aromatic nitrogens is 2. The molecule has 1 aromatic rings. The van der Waals surface area contributed by atoms with Crippen molar-refractivity contribution in [3.05, 3.63) is 17.5 Å². The molecule has 1 amide bonds. The zero-order valence-electron chi connectivity index (χ0n) is 10.5. The van der Waals surface area contributed by atoms with Crippen molar-refractivity contribution in [1.29, 1.82) is 0 Å². The van der Waals surface area contributed by atoms with Crippen molar-refractivity contribution in [2.45, 2.75) is 39.3 Å². The van der Waals surface area contributed by atoms with Gasteiger partial charge in [0.05, 0.1) is 5.69 Å². The molecule has 1 atom stereocenters. The third-order valence-corrected chi connectivity index (χ3v) is 3.22. The highest BCUT2D eigenvalue weighted by molar-refractivity contribution is 5.93. The Labute approximate surface area is 102 Å². The van der Waals surface area contributed by atoms with Crippen molar-refractivity contribution in [1.82, 2.24) is 14.7 Å². The van der Waals surface area contributed by atoms with Gasteiger partial charge in [-0.1, -0.05) is 6.92 Å². The van der Waals surface area contributed by atoms with Crippen LogP contribution in [0.15, 0.2) is 6.07 Å². The Morgan fingerprint density at radius 3 is 2.88 bits per heavy atom. The quantitative estimate of drug-likeness (QED) is 0.837. The van der Waals surface area contributed by atoms with Crippen LogP contribution in [0.3, 0.4) is 0 Å². The number of rotatable bonds is 3. The molecule has 1 saturated heterocycles. The molecule has 0 aliphatic carbocycles. The summed E-state index contributed by atoms with van der Waals surface area (Å²) in [5, 5.41) is 4.40. The van der Waals surface area contributed by atoms with E-state index in [1.54, 1.807) is 4.68 Å². The molecule has 1 aliphatic heterocycles. The van der Waals surface area contributed by atoms with Gasteiger partial charge in [-0.3, -0.25) is 9.48 Å². The maximum Gasteiger partial charge on any atom is 0.272 e. The maximum absolute atomic E-state index is 12.3. The van der Waals surface area contributed by atoms with Gasteiger partial charge in [0.2, 0.25) is 0 Å². The fourth-order valence-corrected chi connectivity index (χ4v) is 2.19. The van der Waals surface area contributed by atoms with Crippen LogP contribution in [0, 0.1) is 0 Å². The van der Waals surface area contributed by atoms with Crippen molar-refractivity contribution in [2.24, 2.45) is 5.73 Å². The summed E-state index contributed by atoms with van der Waals surface area (Å²) in [5.74, 6) is 0.0620. The van der Waals surface area contributed by atoms with E-state index in [9.17, 15) is 4.79 Å².